The molecule has 0 amide bonds. The molecular formula is C13H29N3. The van der Waals surface area contributed by atoms with Gasteiger partial charge in [-0.05, 0) is 45.9 Å². The van der Waals surface area contributed by atoms with Crippen LogP contribution in [-0.4, -0.2) is 62.7 Å². The molecule has 0 saturated carbocycles. The summed E-state index contributed by atoms with van der Waals surface area (Å²) in [6.07, 6.45) is 2.79. The van der Waals surface area contributed by atoms with E-state index < -0.39 is 0 Å². The third kappa shape index (κ3) is 4.40. The number of hydrogen-bond acceptors (Lipinski definition) is 3. The SMILES string of the molecule is CNCC(C(C)C)N(C)CCN1CCCC1. The lowest BCUT2D eigenvalue weighted by Crippen LogP contribution is -2.45. The average Bonchev–Trinajstić information content (AvgIpc) is 2.75. The Kier molecular flexibility index (Phi) is 6.32. The predicted molar refractivity (Wildman–Crippen MR) is 70.9 cm³/mol. The highest BCUT2D eigenvalue weighted by molar-refractivity contribution is 4.76. The molecular weight excluding hydrogens is 198 g/mol. The van der Waals surface area contributed by atoms with Crippen LogP contribution in [-0.2, 0) is 0 Å². The maximum absolute atomic E-state index is 3.30. The molecule has 16 heavy (non-hydrogen) atoms. The molecule has 1 heterocycles. The van der Waals surface area contributed by atoms with Crippen LogP contribution >= 0.6 is 0 Å². The zero-order valence-electron chi connectivity index (χ0n) is 11.5. The van der Waals surface area contributed by atoms with Crippen LogP contribution in [0.4, 0.5) is 0 Å². The van der Waals surface area contributed by atoms with Crippen LogP contribution in [0.1, 0.15) is 26.7 Å². The van der Waals surface area contributed by atoms with E-state index in [1.807, 2.05) is 7.05 Å². The monoisotopic (exact) mass is 227 g/mol. The van der Waals surface area contributed by atoms with E-state index >= 15 is 0 Å². The van der Waals surface area contributed by atoms with Gasteiger partial charge in [0.15, 0.2) is 0 Å². The Hall–Kier alpha value is -0.120. The van der Waals surface area contributed by atoms with Crippen LogP contribution in [0.15, 0.2) is 0 Å². The first kappa shape index (κ1) is 13.9. The number of rotatable bonds is 7. The number of nitrogens with zero attached hydrogens (tertiary/aromatic N) is 2. The molecule has 1 saturated heterocycles. The summed E-state index contributed by atoms with van der Waals surface area (Å²) in [4.78, 5) is 5.10. The van der Waals surface area contributed by atoms with E-state index in [4.69, 9.17) is 0 Å². The minimum Gasteiger partial charge on any atom is -0.318 e. The third-order valence-electron chi connectivity index (χ3n) is 3.72. The molecule has 0 radical (unpaired) electrons. The quantitative estimate of drug-likeness (QED) is 0.706. The van der Waals surface area contributed by atoms with Gasteiger partial charge >= 0.3 is 0 Å². The molecule has 3 heteroatoms. The van der Waals surface area contributed by atoms with Crippen molar-refractivity contribution in [1.82, 2.24) is 15.1 Å². The second-order valence-electron chi connectivity index (χ2n) is 5.40. The Bertz CT molecular complexity index is 176. The highest BCUT2D eigenvalue weighted by Gasteiger charge is 2.19. The molecule has 0 aliphatic carbocycles. The maximum atomic E-state index is 3.30. The van der Waals surface area contributed by atoms with Gasteiger partial charge in [0.05, 0.1) is 0 Å². The van der Waals surface area contributed by atoms with Crippen LogP contribution in [0.2, 0.25) is 0 Å². The smallest absolute Gasteiger partial charge is 0.0240 e. The van der Waals surface area contributed by atoms with E-state index in [1.165, 1.54) is 39.0 Å². The molecule has 1 aliphatic rings. The Labute approximate surface area is 101 Å². The minimum absolute atomic E-state index is 0.660. The standard InChI is InChI=1S/C13H29N3/c1-12(2)13(11-14-3)15(4)9-10-16-7-5-6-8-16/h12-14H,5-11H2,1-4H3. The molecule has 1 atom stereocenters. The number of likely N-dealkylation sites (N-methyl/N-ethyl adjacent to an activating group) is 2. The van der Waals surface area contributed by atoms with Gasteiger partial charge in [0.2, 0.25) is 0 Å². The van der Waals surface area contributed by atoms with Crippen molar-refractivity contribution < 1.29 is 0 Å². The molecule has 0 aromatic rings. The summed E-state index contributed by atoms with van der Waals surface area (Å²) >= 11 is 0. The molecule has 0 spiro atoms. The molecule has 0 aromatic heterocycles. The summed E-state index contributed by atoms with van der Waals surface area (Å²) in [6.45, 7) is 10.8. The van der Waals surface area contributed by atoms with Gasteiger partial charge in [0, 0.05) is 25.7 Å². The van der Waals surface area contributed by atoms with Crippen molar-refractivity contribution in [2.24, 2.45) is 5.92 Å². The lowest BCUT2D eigenvalue weighted by atomic mass is 10.0. The molecule has 0 bridgehead atoms. The van der Waals surface area contributed by atoms with Crippen molar-refractivity contribution in [3.8, 4) is 0 Å². The Morgan fingerprint density at radius 3 is 2.38 bits per heavy atom. The van der Waals surface area contributed by atoms with Gasteiger partial charge in [-0.1, -0.05) is 13.8 Å². The maximum Gasteiger partial charge on any atom is 0.0240 e. The first-order valence-corrected chi connectivity index (χ1v) is 6.72. The summed E-state index contributed by atoms with van der Waals surface area (Å²) in [6, 6.07) is 0.660. The molecule has 1 unspecified atom stereocenters. The molecule has 1 rings (SSSR count). The molecule has 0 aromatic carbocycles. The number of likely N-dealkylation sites (tertiary alicyclic amines) is 1. The average molecular weight is 227 g/mol. The summed E-state index contributed by atoms with van der Waals surface area (Å²) in [5, 5.41) is 3.30. The van der Waals surface area contributed by atoms with Crippen LogP contribution in [0.3, 0.4) is 0 Å². The largest absolute Gasteiger partial charge is 0.318 e. The molecule has 96 valence electrons. The summed E-state index contributed by atoms with van der Waals surface area (Å²) in [5.74, 6) is 0.719. The molecule has 1 fully saturated rings. The highest BCUT2D eigenvalue weighted by atomic mass is 15.2. The van der Waals surface area contributed by atoms with Crippen molar-refractivity contribution in [2.45, 2.75) is 32.7 Å². The van der Waals surface area contributed by atoms with Crippen molar-refractivity contribution in [1.29, 1.82) is 0 Å². The van der Waals surface area contributed by atoms with E-state index in [-0.39, 0.29) is 0 Å². The van der Waals surface area contributed by atoms with Crippen LogP contribution in [0.5, 0.6) is 0 Å². The summed E-state index contributed by atoms with van der Waals surface area (Å²) in [7, 11) is 4.31. The third-order valence-corrected chi connectivity index (χ3v) is 3.72. The highest BCUT2D eigenvalue weighted by Crippen LogP contribution is 2.10. The number of hydrogen-bond donors (Lipinski definition) is 1. The topological polar surface area (TPSA) is 18.5 Å². The van der Waals surface area contributed by atoms with Crippen LogP contribution < -0.4 is 5.32 Å². The van der Waals surface area contributed by atoms with E-state index in [0.717, 1.165) is 12.5 Å². The molecule has 3 nitrogen and oxygen atoms in total. The van der Waals surface area contributed by atoms with Crippen LogP contribution in [0, 0.1) is 5.92 Å². The van der Waals surface area contributed by atoms with E-state index in [1.54, 1.807) is 0 Å². The molecule has 1 N–H and O–H groups in total. The van der Waals surface area contributed by atoms with Crippen molar-refractivity contribution in [3.05, 3.63) is 0 Å². The normalized spacial score (nSPS) is 19.9. The Balaban J connectivity index is 2.27. The van der Waals surface area contributed by atoms with E-state index in [9.17, 15) is 0 Å². The fourth-order valence-electron chi connectivity index (χ4n) is 2.58. The van der Waals surface area contributed by atoms with Gasteiger partial charge in [-0.15, -0.1) is 0 Å². The second-order valence-corrected chi connectivity index (χ2v) is 5.40. The first-order chi connectivity index (χ1) is 7.65. The van der Waals surface area contributed by atoms with Crippen molar-refractivity contribution >= 4 is 0 Å². The van der Waals surface area contributed by atoms with Crippen molar-refractivity contribution in [3.63, 3.8) is 0 Å². The Morgan fingerprint density at radius 2 is 1.88 bits per heavy atom. The minimum atomic E-state index is 0.660. The lowest BCUT2D eigenvalue weighted by molar-refractivity contribution is 0.167. The fraction of sp³-hybridized carbons (Fsp3) is 1.00. The van der Waals surface area contributed by atoms with Gasteiger partial charge in [-0.3, -0.25) is 0 Å². The lowest BCUT2D eigenvalue weighted by Gasteiger charge is -2.32. The Morgan fingerprint density at radius 1 is 1.25 bits per heavy atom. The van der Waals surface area contributed by atoms with Gasteiger partial charge in [0.1, 0.15) is 0 Å². The predicted octanol–water partition coefficient (Wildman–Crippen LogP) is 1.26. The summed E-state index contributed by atoms with van der Waals surface area (Å²) < 4.78 is 0. The van der Waals surface area contributed by atoms with Gasteiger partial charge in [0.25, 0.3) is 0 Å². The van der Waals surface area contributed by atoms with Gasteiger partial charge in [-0.25, -0.2) is 0 Å². The van der Waals surface area contributed by atoms with Gasteiger partial charge < -0.3 is 15.1 Å². The zero-order valence-corrected chi connectivity index (χ0v) is 11.5. The zero-order chi connectivity index (χ0) is 12.0. The number of nitrogens with one attached hydrogen (secondary N) is 1. The first-order valence-electron chi connectivity index (χ1n) is 6.72. The van der Waals surface area contributed by atoms with E-state index in [2.05, 4.69) is 36.0 Å². The van der Waals surface area contributed by atoms with Crippen LogP contribution in [0.25, 0.3) is 0 Å². The second kappa shape index (κ2) is 7.25. The van der Waals surface area contributed by atoms with Gasteiger partial charge in [-0.2, -0.15) is 0 Å². The molecule has 1 aliphatic heterocycles. The fourth-order valence-corrected chi connectivity index (χ4v) is 2.58. The summed E-state index contributed by atoms with van der Waals surface area (Å²) in [5.41, 5.74) is 0. The van der Waals surface area contributed by atoms with E-state index in [0.29, 0.717) is 6.04 Å². The van der Waals surface area contributed by atoms with Crippen molar-refractivity contribution in [2.75, 3.05) is 46.8 Å².